The molecule has 0 spiro atoms. The predicted molar refractivity (Wildman–Crippen MR) is 62.3 cm³/mol. The molecule has 0 saturated heterocycles. The summed E-state index contributed by atoms with van der Waals surface area (Å²) in [6, 6.07) is 0. The van der Waals surface area contributed by atoms with Gasteiger partial charge in [0.2, 0.25) is 5.91 Å². The molecule has 2 atom stereocenters. The number of nitrogens with one attached hydrogen (secondary N) is 1. The summed E-state index contributed by atoms with van der Waals surface area (Å²) in [6.45, 7) is 6.18. The number of carbonyl (C=O) groups is 1. The van der Waals surface area contributed by atoms with Crippen LogP contribution < -0.4 is 11.1 Å². The van der Waals surface area contributed by atoms with E-state index in [9.17, 15) is 4.79 Å². The van der Waals surface area contributed by atoms with Crippen LogP contribution in [0.25, 0.3) is 0 Å². The lowest BCUT2D eigenvalue weighted by Crippen LogP contribution is -2.29. The monoisotopic (exact) mass is 210 g/mol. The van der Waals surface area contributed by atoms with Gasteiger partial charge in [-0.3, -0.25) is 4.79 Å². The molecule has 2 unspecified atom stereocenters. The third-order valence-electron chi connectivity index (χ3n) is 2.87. The van der Waals surface area contributed by atoms with Crippen molar-refractivity contribution in [3.63, 3.8) is 0 Å². The van der Waals surface area contributed by atoms with Crippen LogP contribution in [-0.2, 0) is 4.79 Å². The maximum atomic E-state index is 10.5. The Kier molecular flexibility index (Phi) is 4.82. The molecular weight excluding hydrogens is 188 g/mol. The van der Waals surface area contributed by atoms with Gasteiger partial charge in [0.05, 0.1) is 0 Å². The number of nitrogens with two attached hydrogens (primary N) is 1. The van der Waals surface area contributed by atoms with Crippen molar-refractivity contribution in [3.8, 4) is 0 Å². The first-order valence-electron chi connectivity index (χ1n) is 5.74. The number of hydrogen-bond donors (Lipinski definition) is 2. The molecule has 1 amide bonds. The lowest BCUT2D eigenvalue weighted by atomic mass is 9.84. The lowest BCUT2D eigenvalue weighted by molar-refractivity contribution is -0.117. The fourth-order valence-electron chi connectivity index (χ4n) is 2.36. The van der Waals surface area contributed by atoms with Crippen molar-refractivity contribution in [2.75, 3.05) is 13.1 Å². The highest BCUT2D eigenvalue weighted by molar-refractivity contribution is 5.73. The van der Waals surface area contributed by atoms with Crippen LogP contribution in [-0.4, -0.2) is 19.0 Å². The largest absolute Gasteiger partial charge is 0.370 e. The van der Waals surface area contributed by atoms with Gasteiger partial charge < -0.3 is 11.1 Å². The van der Waals surface area contributed by atoms with E-state index in [2.05, 4.69) is 25.2 Å². The fourth-order valence-corrected chi connectivity index (χ4v) is 2.36. The quantitative estimate of drug-likeness (QED) is 0.533. The zero-order valence-corrected chi connectivity index (χ0v) is 9.75. The Balaban J connectivity index is 2.17. The molecule has 1 aliphatic carbocycles. The molecule has 0 radical (unpaired) electrons. The molecule has 1 aliphatic rings. The predicted octanol–water partition coefficient (Wildman–Crippen LogP) is 1.44. The standard InChI is InChI=1S/C12H22N2O/c1-9-5-10(2)7-11(6-9)8-14-4-3-12(13)15/h5,9,11,14H,3-4,6-8H2,1-2H3,(H2,13,15). The first kappa shape index (κ1) is 12.2. The van der Waals surface area contributed by atoms with Gasteiger partial charge >= 0.3 is 0 Å². The van der Waals surface area contributed by atoms with Gasteiger partial charge in [0, 0.05) is 13.0 Å². The Morgan fingerprint density at radius 2 is 2.40 bits per heavy atom. The summed E-state index contributed by atoms with van der Waals surface area (Å²) in [5, 5.41) is 3.30. The summed E-state index contributed by atoms with van der Waals surface area (Å²) >= 11 is 0. The summed E-state index contributed by atoms with van der Waals surface area (Å²) in [7, 11) is 0. The maximum absolute atomic E-state index is 10.5. The molecule has 0 aromatic heterocycles. The second-order valence-electron chi connectivity index (χ2n) is 4.72. The molecule has 86 valence electrons. The lowest BCUT2D eigenvalue weighted by Gasteiger charge is -2.25. The normalized spacial score (nSPS) is 26.1. The average Bonchev–Trinajstić information content (AvgIpc) is 2.10. The number of rotatable bonds is 5. The molecular formula is C12H22N2O. The molecule has 3 heteroatoms. The first-order valence-corrected chi connectivity index (χ1v) is 5.74. The summed E-state index contributed by atoms with van der Waals surface area (Å²) < 4.78 is 0. The fraction of sp³-hybridized carbons (Fsp3) is 0.750. The summed E-state index contributed by atoms with van der Waals surface area (Å²) in [6.07, 6.45) is 5.24. The zero-order valence-electron chi connectivity index (χ0n) is 9.75. The third kappa shape index (κ3) is 4.98. The first-order chi connectivity index (χ1) is 7.08. The van der Waals surface area contributed by atoms with Crippen LogP contribution in [0, 0.1) is 11.8 Å². The highest BCUT2D eigenvalue weighted by Gasteiger charge is 2.17. The molecule has 0 saturated carbocycles. The zero-order chi connectivity index (χ0) is 11.3. The van der Waals surface area contributed by atoms with Crippen molar-refractivity contribution in [1.82, 2.24) is 5.32 Å². The topological polar surface area (TPSA) is 55.1 Å². The van der Waals surface area contributed by atoms with Crippen molar-refractivity contribution in [2.45, 2.75) is 33.1 Å². The Morgan fingerprint density at radius 3 is 3.00 bits per heavy atom. The van der Waals surface area contributed by atoms with Gasteiger partial charge in [-0.05, 0) is 38.1 Å². The van der Waals surface area contributed by atoms with Crippen LogP contribution in [0.2, 0.25) is 0 Å². The Morgan fingerprint density at radius 1 is 1.67 bits per heavy atom. The SMILES string of the molecule is CC1=CC(C)CC(CNCCC(N)=O)C1. The average molecular weight is 210 g/mol. The summed E-state index contributed by atoms with van der Waals surface area (Å²) in [5.41, 5.74) is 6.56. The van der Waals surface area contributed by atoms with E-state index in [0.717, 1.165) is 12.5 Å². The molecule has 0 bridgehead atoms. The summed E-state index contributed by atoms with van der Waals surface area (Å²) in [4.78, 5) is 10.5. The van der Waals surface area contributed by atoms with E-state index in [1.807, 2.05) is 0 Å². The van der Waals surface area contributed by atoms with Crippen molar-refractivity contribution < 1.29 is 4.79 Å². The Hall–Kier alpha value is -0.830. The van der Waals surface area contributed by atoms with Crippen molar-refractivity contribution >= 4 is 5.91 Å². The smallest absolute Gasteiger partial charge is 0.218 e. The van der Waals surface area contributed by atoms with Gasteiger partial charge in [-0.2, -0.15) is 0 Å². The van der Waals surface area contributed by atoms with E-state index >= 15 is 0 Å². The van der Waals surface area contributed by atoms with Crippen LogP contribution in [0.4, 0.5) is 0 Å². The number of carbonyl (C=O) groups excluding carboxylic acids is 1. The molecule has 3 N–H and O–H groups in total. The molecule has 0 fully saturated rings. The molecule has 15 heavy (non-hydrogen) atoms. The number of amides is 1. The van der Waals surface area contributed by atoms with Gasteiger partial charge in [0.15, 0.2) is 0 Å². The van der Waals surface area contributed by atoms with E-state index in [1.54, 1.807) is 0 Å². The van der Waals surface area contributed by atoms with Crippen LogP contribution in [0.3, 0.4) is 0 Å². The van der Waals surface area contributed by atoms with Gasteiger partial charge in [-0.25, -0.2) is 0 Å². The van der Waals surface area contributed by atoms with E-state index in [-0.39, 0.29) is 5.91 Å². The van der Waals surface area contributed by atoms with E-state index in [1.165, 1.54) is 18.4 Å². The molecule has 1 rings (SSSR count). The van der Waals surface area contributed by atoms with Crippen LogP contribution in [0.1, 0.15) is 33.1 Å². The third-order valence-corrected chi connectivity index (χ3v) is 2.87. The van der Waals surface area contributed by atoms with Crippen molar-refractivity contribution in [2.24, 2.45) is 17.6 Å². The molecule has 0 heterocycles. The van der Waals surface area contributed by atoms with Crippen LogP contribution in [0.15, 0.2) is 11.6 Å². The van der Waals surface area contributed by atoms with Crippen molar-refractivity contribution in [1.29, 1.82) is 0 Å². The van der Waals surface area contributed by atoms with Crippen LogP contribution in [0.5, 0.6) is 0 Å². The van der Waals surface area contributed by atoms with Crippen molar-refractivity contribution in [3.05, 3.63) is 11.6 Å². The second kappa shape index (κ2) is 5.91. The number of allylic oxidation sites excluding steroid dienone is 2. The van der Waals surface area contributed by atoms with Gasteiger partial charge in [0.25, 0.3) is 0 Å². The minimum atomic E-state index is -0.226. The highest BCUT2D eigenvalue weighted by atomic mass is 16.1. The minimum absolute atomic E-state index is 0.226. The molecule has 0 aromatic rings. The number of primary amides is 1. The second-order valence-corrected chi connectivity index (χ2v) is 4.72. The van der Waals surface area contributed by atoms with E-state index in [4.69, 9.17) is 5.73 Å². The molecule has 0 aromatic carbocycles. The van der Waals surface area contributed by atoms with E-state index < -0.39 is 0 Å². The maximum Gasteiger partial charge on any atom is 0.218 e. The highest BCUT2D eigenvalue weighted by Crippen LogP contribution is 2.27. The Bertz CT molecular complexity index is 248. The van der Waals surface area contributed by atoms with Crippen LogP contribution >= 0.6 is 0 Å². The van der Waals surface area contributed by atoms with Gasteiger partial charge in [0.1, 0.15) is 0 Å². The Labute approximate surface area is 92.1 Å². The van der Waals surface area contributed by atoms with Gasteiger partial charge in [-0.15, -0.1) is 0 Å². The minimum Gasteiger partial charge on any atom is -0.370 e. The molecule has 3 nitrogen and oxygen atoms in total. The molecule has 0 aliphatic heterocycles. The van der Waals surface area contributed by atoms with Gasteiger partial charge in [-0.1, -0.05) is 18.6 Å². The summed E-state index contributed by atoms with van der Waals surface area (Å²) in [5.74, 6) is 1.19. The van der Waals surface area contributed by atoms with E-state index in [0.29, 0.717) is 18.9 Å². The number of hydrogen-bond acceptors (Lipinski definition) is 2.